The summed E-state index contributed by atoms with van der Waals surface area (Å²) >= 11 is 1.87. The minimum atomic E-state index is 0.911. The monoisotopic (exact) mass is 379 g/mol. The standard InChI is InChI=1S/C21H25N5S/c1-17-19-7-8-21(24-20(19)9-10-22-17)23-11-12-25-13-15-26(16-14-25)27-18-5-3-2-4-6-18/h2-10H,11-16H2,1H3,(H,23,24). The Balaban J connectivity index is 1.22. The fraction of sp³-hybridized carbons (Fsp3) is 0.333. The van der Waals surface area contributed by atoms with Crippen LogP contribution in [0.3, 0.4) is 0 Å². The second kappa shape index (κ2) is 8.69. The Labute approximate surface area is 164 Å². The van der Waals surface area contributed by atoms with Gasteiger partial charge in [0, 0.05) is 61.4 Å². The van der Waals surface area contributed by atoms with Crippen LogP contribution >= 0.6 is 11.9 Å². The van der Waals surface area contributed by atoms with E-state index in [1.807, 2.05) is 37.2 Å². The van der Waals surface area contributed by atoms with Gasteiger partial charge in [0.05, 0.1) is 5.52 Å². The van der Waals surface area contributed by atoms with Gasteiger partial charge in [0.25, 0.3) is 0 Å². The SMILES string of the molecule is Cc1nccc2nc(NCCN3CCN(Sc4ccccc4)CC3)ccc12. The van der Waals surface area contributed by atoms with Crippen LogP contribution < -0.4 is 5.32 Å². The Morgan fingerprint density at radius 3 is 2.63 bits per heavy atom. The lowest BCUT2D eigenvalue weighted by molar-refractivity contribution is 0.202. The molecule has 0 amide bonds. The molecule has 1 aliphatic heterocycles. The zero-order valence-corrected chi connectivity index (χ0v) is 16.5. The summed E-state index contributed by atoms with van der Waals surface area (Å²) in [4.78, 5) is 12.9. The molecule has 0 bridgehead atoms. The predicted octanol–water partition coefficient (Wildman–Crippen LogP) is 3.68. The molecule has 0 unspecified atom stereocenters. The van der Waals surface area contributed by atoms with Gasteiger partial charge in [-0.1, -0.05) is 18.2 Å². The molecule has 140 valence electrons. The fourth-order valence-electron chi connectivity index (χ4n) is 3.31. The molecule has 0 aliphatic carbocycles. The number of aryl methyl sites for hydroxylation is 1. The van der Waals surface area contributed by atoms with Crippen molar-refractivity contribution < 1.29 is 0 Å². The minimum absolute atomic E-state index is 0.911. The highest BCUT2D eigenvalue weighted by molar-refractivity contribution is 7.97. The molecule has 3 heterocycles. The van der Waals surface area contributed by atoms with Crippen molar-refractivity contribution >= 4 is 28.7 Å². The third-order valence-corrected chi connectivity index (χ3v) is 5.96. The number of nitrogens with one attached hydrogen (secondary N) is 1. The van der Waals surface area contributed by atoms with Crippen LogP contribution in [0.5, 0.6) is 0 Å². The molecule has 6 heteroatoms. The zero-order valence-electron chi connectivity index (χ0n) is 15.6. The van der Waals surface area contributed by atoms with Crippen molar-refractivity contribution in [3.05, 3.63) is 60.4 Å². The summed E-state index contributed by atoms with van der Waals surface area (Å²) in [5, 5.41) is 4.58. The number of pyridine rings is 2. The molecule has 3 aromatic rings. The van der Waals surface area contributed by atoms with Gasteiger partial charge < -0.3 is 5.32 Å². The average molecular weight is 380 g/mol. The molecule has 1 fully saturated rings. The van der Waals surface area contributed by atoms with E-state index in [2.05, 4.69) is 55.9 Å². The third kappa shape index (κ3) is 4.77. The fourth-order valence-corrected chi connectivity index (χ4v) is 4.24. The van der Waals surface area contributed by atoms with Crippen molar-refractivity contribution in [3.8, 4) is 0 Å². The minimum Gasteiger partial charge on any atom is -0.369 e. The van der Waals surface area contributed by atoms with Crippen LogP contribution in [0.2, 0.25) is 0 Å². The molecular weight excluding hydrogens is 354 g/mol. The highest BCUT2D eigenvalue weighted by Crippen LogP contribution is 2.23. The number of benzene rings is 1. The smallest absolute Gasteiger partial charge is 0.126 e. The van der Waals surface area contributed by atoms with E-state index >= 15 is 0 Å². The van der Waals surface area contributed by atoms with Crippen molar-refractivity contribution in [2.45, 2.75) is 11.8 Å². The lowest BCUT2D eigenvalue weighted by Crippen LogP contribution is -2.44. The van der Waals surface area contributed by atoms with E-state index in [1.165, 1.54) is 4.90 Å². The van der Waals surface area contributed by atoms with Crippen LogP contribution in [-0.4, -0.2) is 58.4 Å². The van der Waals surface area contributed by atoms with Crippen LogP contribution in [0, 0.1) is 6.92 Å². The van der Waals surface area contributed by atoms with Crippen LogP contribution in [0.4, 0.5) is 5.82 Å². The molecule has 0 radical (unpaired) electrons. The van der Waals surface area contributed by atoms with Gasteiger partial charge in [-0.25, -0.2) is 9.29 Å². The van der Waals surface area contributed by atoms with E-state index in [1.54, 1.807) is 0 Å². The van der Waals surface area contributed by atoms with E-state index in [0.717, 1.165) is 61.7 Å². The first-order valence-electron chi connectivity index (χ1n) is 9.44. The highest BCUT2D eigenvalue weighted by atomic mass is 32.2. The second-order valence-electron chi connectivity index (χ2n) is 6.76. The van der Waals surface area contributed by atoms with E-state index in [4.69, 9.17) is 4.98 Å². The number of aromatic nitrogens is 2. The summed E-state index contributed by atoms with van der Waals surface area (Å²) in [6.45, 7) is 8.38. The number of anilines is 1. The molecule has 2 aromatic heterocycles. The molecule has 27 heavy (non-hydrogen) atoms. The number of hydrogen-bond donors (Lipinski definition) is 1. The molecule has 5 nitrogen and oxygen atoms in total. The number of nitrogens with zero attached hydrogens (tertiary/aromatic N) is 4. The first kappa shape index (κ1) is 18.2. The molecular formula is C21H25N5S. The van der Waals surface area contributed by atoms with Gasteiger partial charge in [0.1, 0.15) is 5.82 Å². The van der Waals surface area contributed by atoms with Gasteiger partial charge >= 0.3 is 0 Å². The Hall–Kier alpha value is -2.15. The lowest BCUT2D eigenvalue weighted by atomic mass is 10.2. The van der Waals surface area contributed by atoms with Crippen molar-refractivity contribution in [2.24, 2.45) is 0 Å². The first-order valence-corrected chi connectivity index (χ1v) is 10.2. The summed E-state index contributed by atoms with van der Waals surface area (Å²) in [7, 11) is 0. The quantitative estimate of drug-likeness (QED) is 0.659. The number of hydrogen-bond acceptors (Lipinski definition) is 6. The normalized spacial score (nSPS) is 15.9. The number of fused-ring (bicyclic) bond motifs is 1. The number of piperazine rings is 1. The maximum Gasteiger partial charge on any atom is 0.126 e. The third-order valence-electron chi connectivity index (χ3n) is 4.86. The zero-order chi connectivity index (χ0) is 18.5. The second-order valence-corrected chi connectivity index (χ2v) is 7.93. The van der Waals surface area contributed by atoms with E-state index in [0.29, 0.717) is 0 Å². The summed E-state index contributed by atoms with van der Waals surface area (Å²) in [6, 6.07) is 16.7. The molecule has 1 saturated heterocycles. The van der Waals surface area contributed by atoms with Crippen LogP contribution in [-0.2, 0) is 0 Å². The van der Waals surface area contributed by atoms with Crippen molar-refractivity contribution in [1.82, 2.24) is 19.2 Å². The molecule has 1 N–H and O–H groups in total. The largest absolute Gasteiger partial charge is 0.369 e. The van der Waals surface area contributed by atoms with Gasteiger partial charge in [-0.3, -0.25) is 9.88 Å². The van der Waals surface area contributed by atoms with Crippen molar-refractivity contribution in [2.75, 3.05) is 44.6 Å². The topological polar surface area (TPSA) is 44.3 Å². The Kier molecular flexibility index (Phi) is 5.87. The maximum absolute atomic E-state index is 4.70. The number of rotatable bonds is 6. The molecule has 1 aromatic carbocycles. The van der Waals surface area contributed by atoms with Gasteiger partial charge in [0.2, 0.25) is 0 Å². The summed E-state index contributed by atoms with van der Waals surface area (Å²) in [6.07, 6.45) is 1.82. The molecule has 1 aliphatic rings. The van der Waals surface area contributed by atoms with Gasteiger partial charge in [-0.2, -0.15) is 0 Å². The maximum atomic E-state index is 4.70. The lowest BCUT2D eigenvalue weighted by Gasteiger charge is -2.33. The van der Waals surface area contributed by atoms with Gasteiger partial charge in [0.15, 0.2) is 0 Å². The van der Waals surface area contributed by atoms with E-state index in [9.17, 15) is 0 Å². The Morgan fingerprint density at radius 1 is 1.00 bits per heavy atom. The molecule has 0 atom stereocenters. The van der Waals surface area contributed by atoms with Crippen LogP contribution in [0.25, 0.3) is 10.9 Å². The van der Waals surface area contributed by atoms with Crippen molar-refractivity contribution in [1.29, 1.82) is 0 Å². The molecule has 0 spiro atoms. The van der Waals surface area contributed by atoms with E-state index in [-0.39, 0.29) is 0 Å². The van der Waals surface area contributed by atoms with Crippen LogP contribution in [0.15, 0.2) is 59.6 Å². The van der Waals surface area contributed by atoms with E-state index < -0.39 is 0 Å². The molecule has 4 rings (SSSR count). The first-order chi connectivity index (χ1) is 13.3. The van der Waals surface area contributed by atoms with Gasteiger partial charge in [-0.15, -0.1) is 0 Å². The average Bonchev–Trinajstić information content (AvgIpc) is 2.70. The summed E-state index contributed by atoms with van der Waals surface area (Å²) in [5.74, 6) is 0.936. The highest BCUT2D eigenvalue weighted by Gasteiger charge is 2.17. The summed E-state index contributed by atoms with van der Waals surface area (Å²) in [5.41, 5.74) is 2.02. The Morgan fingerprint density at radius 2 is 1.81 bits per heavy atom. The van der Waals surface area contributed by atoms with Crippen molar-refractivity contribution in [3.63, 3.8) is 0 Å². The van der Waals surface area contributed by atoms with Gasteiger partial charge in [-0.05, 0) is 49.2 Å². The molecule has 0 saturated carbocycles. The Bertz CT molecular complexity index is 878. The predicted molar refractivity (Wildman–Crippen MR) is 113 cm³/mol. The summed E-state index contributed by atoms with van der Waals surface area (Å²) < 4.78 is 2.46. The van der Waals surface area contributed by atoms with Crippen LogP contribution in [0.1, 0.15) is 5.69 Å².